The molecule has 0 aromatic heterocycles. The van der Waals surface area contributed by atoms with Crippen LogP contribution in [0.4, 0.5) is 13.2 Å². The van der Waals surface area contributed by atoms with Crippen molar-refractivity contribution in [2.75, 3.05) is 0 Å². The Morgan fingerprint density at radius 2 is 1.58 bits per heavy atom. The molecule has 0 aliphatic carbocycles. The molecule has 0 N–H and O–H groups in total. The van der Waals surface area contributed by atoms with Gasteiger partial charge >= 0.3 is 6.18 Å². The van der Waals surface area contributed by atoms with Crippen molar-refractivity contribution in [1.29, 1.82) is 0 Å². The lowest BCUT2D eigenvalue weighted by Gasteiger charge is -2.29. The zero-order chi connectivity index (χ0) is 24.1. The first-order valence-corrected chi connectivity index (χ1v) is 14.9. The van der Waals surface area contributed by atoms with E-state index in [1.807, 2.05) is 30.4 Å². The lowest BCUT2D eigenvalue weighted by molar-refractivity contribution is -0.137. The predicted octanol–water partition coefficient (Wildman–Crippen LogP) is 6.21. The molecule has 0 heterocycles. The van der Waals surface area contributed by atoms with Crippen LogP contribution in [0.25, 0.3) is 6.08 Å². The summed E-state index contributed by atoms with van der Waals surface area (Å²) < 4.78 is 45.2. The van der Waals surface area contributed by atoms with Gasteiger partial charge in [-0.2, -0.15) is 13.2 Å². The number of alkyl halides is 3. The molecule has 1 unspecified atom stereocenters. The largest absolute Gasteiger partial charge is 0.416 e. The summed E-state index contributed by atoms with van der Waals surface area (Å²) in [5.74, 6) is 0. The van der Waals surface area contributed by atoms with Gasteiger partial charge in [-0.25, -0.2) is 0 Å². The Hall–Kier alpha value is -2.42. The predicted molar refractivity (Wildman–Crippen MR) is 135 cm³/mol. The molecule has 3 rings (SSSR count). The molecular weight excluding hydrogens is 453 g/mol. The van der Waals surface area contributed by atoms with Crippen LogP contribution in [0, 0.1) is 13.8 Å². The Balaban J connectivity index is 1.79. The van der Waals surface area contributed by atoms with Crippen LogP contribution in [0.15, 0.2) is 78.9 Å². The highest BCUT2D eigenvalue weighted by atomic mass is 28.4. The minimum atomic E-state index is -4.32. The summed E-state index contributed by atoms with van der Waals surface area (Å²) in [6, 6.07) is 22.0. The van der Waals surface area contributed by atoms with E-state index in [4.69, 9.17) is 4.43 Å². The second-order valence-electron chi connectivity index (χ2n) is 8.63. The van der Waals surface area contributed by atoms with Crippen molar-refractivity contribution in [3.05, 3.63) is 101 Å². The first-order valence-electron chi connectivity index (χ1n) is 11.0. The van der Waals surface area contributed by atoms with Crippen molar-refractivity contribution in [3.8, 4) is 0 Å². The normalized spacial score (nSPS) is 13.4. The van der Waals surface area contributed by atoms with E-state index in [2.05, 4.69) is 57.3 Å². The fourth-order valence-electron chi connectivity index (χ4n) is 3.59. The molecule has 1 nitrogen and oxygen atoms in total. The van der Waals surface area contributed by atoms with Gasteiger partial charge in [0.25, 0.3) is 0 Å². The van der Waals surface area contributed by atoms with Crippen molar-refractivity contribution in [3.63, 3.8) is 0 Å². The Kier molecular flexibility index (Phi) is 8.16. The lowest BCUT2D eigenvalue weighted by atomic mass is 10.1. The Labute approximate surface area is 198 Å². The highest BCUT2D eigenvalue weighted by Gasteiger charge is 2.30. The molecule has 0 saturated carbocycles. The van der Waals surface area contributed by atoms with Crippen LogP contribution in [0.2, 0.25) is 13.1 Å². The zero-order valence-electron chi connectivity index (χ0n) is 19.4. The molecule has 0 bridgehead atoms. The highest BCUT2D eigenvalue weighted by molar-refractivity contribution is 6.84. The van der Waals surface area contributed by atoms with Crippen LogP contribution in [-0.2, 0) is 10.6 Å². The third-order valence-electron chi connectivity index (χ3n) is 5.73. The van der Waals surface area contributed by atoms with Crippen LogP contribution in [0.1, 0.15) is 28.7 Å². The summed E-state index contributed by atoms with van der Waals surface area (Å²) in [7, 11) is -1.66. The average molecular weight is 483 g/mol. The average Bonchev–Trinajstić information content (AvgIpc) is 2.77. The van der Waals surface area contributed by atoms with Crippen LogP contribution >= 0.6 is 0 Å². The number of benzene rings is 3. The number of aryl methyl sites for hydroxylation is 1. The van der Waals surface area contributed by atoms with Gasteiger partial charge in [0.1, 0.15) is 9.52 Å². The lowest BCUT2D eigenvalue weighted by Crippen LogP contribution is -2.50. The van der Waals surface area contributed by atoms with E-state index in [9.17, 15) is 13.2 Å². The molecule has 3 aromatic rings. The van der Waals surface area contributed by atoms with Crippen molar-refractivity contribution in [1.82, 2.24) is 0 Å². The van der Waals surface area contributed by atoms with E-state index in [-0.39, 0.29) is 5.73 Å². The van der Waals surface area contributed by atoms with Crippen molar-refractivity contribution >= 4 is 34.3 Å². The minimum absolute atomic E-state index is 0.00179. The molecule has 0 saturated heterocycles. The standard InChI is InChI=1S/C27H29F3OSi2/c1-20-10-8-14-25(21(20)2)32-26(31-33(3,4)24-12-6-5-7-13-24)15-9-11-22-16-18-23(19-17-22)27(28,29)30/h5-14,16-19,26H,15H2,1-4H3/b11-9-. The summed E-state index contributed by atoms with van der Waals surface area (Å²) >= 11 is 0. The van der Waals surface area contributed by atoms with Gasteiger partial charge in [0.15, 0.2) is 0 Å². The first-order chi connectivity index (χ1) is 15.6. The molecule has 0 aliphatic heterocycles. The van der Waals surface area contributed by atoms with Crippen LogP contribution in [0.3, 0.4) is 0 Å². The van der Waals surface area contributed by atoms with Crippen LogP contribution in [0.5, 0.6) is 0 Å². The van der Waals surface area contributed by atoms with Gasteiger partial charge in [-0.3, -0.25) is 0 Å². The SMILES string of the molecule is Cc1cccc([Si]C(C/C=C\c2ccc(C(F)(F)F)cc2)O[Si](C)(C)c2ccccc2)c1C. The molecule has 1 atom stereocenters. The van der Waals surface area contributed by atoms with Gasteiger partial charge in [0.05, 0.1) is 5.56 Å². The van der Waals surface area contributed by atoms with E-state index in [1.54, 1.807) is 0 Å². The summed E-state index contributed by atoms with van der Waals surface area (Å²) in [5, 5.41) is 2.54. The molecule has 172 valence electrons. The van der Waals surface area contributed by atoms with Gasteiger partial charge in [-0.15, -0.1) is 0 Å². The van der Waals surface area contributed by atoms with Gasteiger partial charge in [-0.1, -0.05) is 78.0 Å². The third kappa shape index (κ3) is 7.03. The van der Waals surface area contributed by atoms with Gasteiger partial charge in [0.2, 0.25) is 8.32 Å². The number of hydrogen-bond donors (Lipinski definition) is 0. The van der Waals surface area contributed by atoms with Gasteiger partial charge in [-0.05, 0) is 67.4 Å². The fraction of sp³-hybridized carbons (Fsp3) is 0.259. The van der Waals surface area contributed by atoms with Crippen molar-refractivity contribution < 1.29 is 17.6 Å². The maximum Gasteiger partial charge on any atom is 0.416 e. The Morgan fingerprint density at radius 1 is 0.909 bits per heavy atom. The summed E-state index contributed by atoms with van der Waals surface area (Å²) in [5.41, 5.74) is 2.66. The van der Waals surface area contributed by atoms with Crippen LogP contribution < -0.4 is 10.4 Å². The number of halogens is 3. The molecule has 3 aromatic carbocycles. The molecule has 0 aliphatic rings. The molecule has 6 heteroatoms. The fourth-order valence-corrected chi connectivity index (χ4v) is 7.86. The van der Waals surface area contributed by atoms with E-state index in [1.165, 1.54) is 33.6 Å². The maximum absolute atomic E-state index is 12.8. The Morgan fingerprint density at radius 3 is 2.21 bits per heavy atom. The zero-order valence-corrected chi connectivity index (χ0v) is 21.4. The molecule has 2 radical (unpaired) electrons. The molecular formula is C27H29F3OSi2. The van der Waals surface area contributed by atoms with E-state index < -0.39 is 20.1 Å². The van der Waals surface area contributed by atoms with Crippen molar-refractivity contribution in [2.24, 2.45) is 0 Å². The summed E-state index contributed by atoms with van der Waals surface area (Å²) in [6.45, 7) is 8.68. The van der Waals surface area contributed by atoms with E-state index in [0.717, 1.165) is 17.7 Å². The van der Waals surface area contributed by atoms with Gasteiger partial charge in [0, 0.05) is 5.73 Å². The van der Waals surface area contributed by atoms with E-state index >= 15 is 0 Å². The molecule has 0 fully saturated rings. The summed E-state index contributed by atoms with van der Waals surface area (Å²) in [6.07, 6.45) is 0.264. The smallest absolute Gasteiger partial charge is 0.413 e. The molecule has 0 amide bonds. The highest BCUT2D eigenvalue weighted by Crippen LogP contribution is 2.29. The maximum atomic E-state index is 12.8. The summed E-state index contributed by atoms with van der Waals surface area (Å²) in [4.78, 5) is 0. The van der Waals surface area contributed by atoms with Crippen LogP contribution in [-0.4, -0.2) is 23.6 Å². The second-order valence-corrected chi connectivity index (χ2v) is 13.9. The third-order valence-corrected chi connectivity index (χ3v) is 10.1. The quantitative estimate of drug-likeness (QED) is 0.347. The monoisotopic (exact) mass is 482 g/mol. The topological polar surface area (TPSA) is 9.23 Å². The minimum Gasteiger partial charge on any atom is -0.413 e. The molecule has 0 spiro atoms. The van der Waals surface area contributed by atoms with Crippen molar-refractivity contribution in [2.45, 2.75) is 45.3 Å². The molecule has 33 heavy (non-hydrogen) atoms. The number of rotatable bonds is 8. The van der Waals surface area contributed by atoms with Gasteiger partial charge < -0.3 is 4.43 Å². The number of hydrogen-bond acceptors (Lipinski definition) is 1. The Bertz CT molecular complexity index is 1070. The van der Waals surface area contributed by atoms with E-state index in [0.29, 0.717) is 15.9 Å². The second kappa shape index (κ2) is 10.7. The first kappa shape index (κ1) is 25.2.